The summed E-state index contributed by atoms with van der Waals surface area (Å²) in [5.41, 5.74) is 0.866. The van der Waals surface area contributed by atoms with E-state index >= 15 is 0 Å². The Kier molecular flexibility index (Phi) is 4.04. The fraction of sp³-hybridized carbons (Fsp3) is 0.364. The molecule has 0 aromatic heterocycles. The standard InChI is InChI=1S/C11H12BrNO4S/c1-17-8-3-5(2-6(12)9(8)14)10-13-7(4-18-10)11(15)16/h2-3,7,10,13-14H,4H2,1H3,(H,15,16)/t7-,10-/m1/s1. The van der Waals surface area contributed by atoms with Crippen molar-refractivity contribution in [3.8, 4) is 11.5 Å². The van der Waals surface area contributed by atoms with Crippen molar-refractivity contribution in [3.05, 3.63) is 22.2 Å². The van der Waals surface area contributed by atoms with Crippen LogP contribution in [0.5, 0.6) is 11.5 Å². The predicted octanol–water partition coefficient (Wildman–Crippen LogP) is 1.95. The highest BCUT2D eigenvalue weighted by Crippen LogP contribution is 2.41. The van der Waals surface area contributed by atoms with Gasteiger partial charge in [-0.3, -0.25) is 10.1 Å². The molecular formula is C11H12BrNO4S. The molecule has 0 unspecified atom stereocenters. The van der Waals surface area contributed by atoms with Gasteiger partial charge in [0.15, 0.2) is 11.5 Å². The lowest BCUT2D eigenvalue weighted by Crippen LogP contribution is -2.33. The third kappa shape index (κ3) is 2.57. The molecule has 1 fully saturated rings. The van der Waals surface area contributed by atoms with Crippen LogP contribution >= 0.6 is 27.7 Å². The van der Waals surface area contributed by atoms with Crippen LogP contribution in [0.3, 0.4) is 0 Å². The lowest BCUT2D eigenvalue weighted by atomic mass is 10.2. The molecular weight excluding hydrogens is 322 g/mol. The molecule has 98 valence electrons. The van der Waals surface area contributed by atoms with Gasteiger partial charge in [0, 0.05) is 5.75 Å². The zero-order valence-electron chi connectivity index (χ0n) is 9.51. The van der Waals surface area contributed by atoms with Crippen molar-refractivity contribution in [2.75, 3.05) is 12.9 Å². The van der Waals surface area contributed by atoms with Crippen molar-refractivity contribution in [1.29, 1.82) is 0 Å². The summed E-state index contributed by atoms with van der Waals surface area (Å²) in [5, 5.41) is 21.5. The number of phenols is 1. The smallest absolute Gasteiger partial charge is 0.321 e. The second-order valence-corrected chi connectivity index (χ2v) is 5.82. The number of hydrogen-bond donors (Lipinski definition) is 3. The number of carboxylic acid groups (broad SMARTS) is 1. The van der Waals surface area contributed by atoms with Crippen molar-refractivity contribution in [2.24, 2.45) is 0 Å². The lowest BCUT2D eigenvalue weighted by Gasteiger charge is -2.14. The van der Waals surface area contributed by atoms with Crippen LogP contribution in [0.15, 0.2) is 16.6 Å². The van der Waals surface area contributed by atoms with Crippen LogP contribution in [-0.2, 0) is 4.79 Å². The Balaban J connectivity index is 2.25. The minimum atomic E-state index is -0.852. The van der Waals surface area contributed by atoms with E-state index in [0.717, 1.165) is 5.56 Å². The molecule has 0 radical (unpaired) electrons. The number of ether oxygens (including phenoxy) is 1. The highest BCUT2D eigenvalue weighted by atomic mass is 79.9. The minimum Gasteiger partial charge on any atom is -0.503 e. The van der Waals surface area contributed by atoms with Gasteiger partial charge in [0.2, 0.25) is 0 Å². The van der Waals surface area contributed by atoms with Crippen molar-refractivity contribution in [1.82, 2.24) is 5.32 Å². The third-order valence-corrected chi connectivity index (χ3v) is 4.53. The van der Waals surface area contributed by atoms with Gasteiger partial charge in [-0.15, -0.1) is 11.8 Å². The van der Waals surface area contributed by atoms with Gasteiger partial charge >= 0.3 is 5.97 Å². The van der Waals surface area contributed by atoms with Crippen LogP contribution in [-0.4, -0.2) is 35.1 Å². The van der Waals surface area contributed by atoms with Crippen LogP contribution in [0, 0.1) is 0 Å². The SMILES string of the molecule is COc1cc([C@@H]2N[C@@H](C(=O)O)CS2)cc(Br)c1O. The van der Waals surface area contributed by atoms with E-state index in [1.54, 1.807) is 12.1 Å². The number of carboxylic acids is 1. The Labute approximate surface area is 117 Å². The van der Waals surface area contributed by atoms with Gasteiger partial charge in [0.1, 0.15) is 6.04 Å². The van der Waals surface area contributed by atoms with Crippen molar-refractivity contribution in [3.63, 3.8) is 0 Å². The fourth-order valence-corrected chi connectivity index (χ4v) is 3.38. The predicted molar refractivity (Wildman–Crippen MR) is 72.1 cm³/mol. The maximum absolute atomic E-state index is 10.9. The van der Waals surface area contributed by atoms with E-state index in [9.17, 15) is 9.90 Å². The number of benzene rings is 1. The van der Waals surface area contributed by atoms with Crippen LogP contribution in [0.25, 0.3) is 0 Å². The number of thioether (sulfide) groups is 1. The number of aliphatic carboxylic acids is 1. The summed E-state index contributed by atoms with van der Waals surface area (Å²) in [7, 11) is 1.47. The van der Waals surface area contributed by atoms with Crippen LogP contribution in [0.1, 0.15) is 10.9 Å². The Morgan fingerprint density at radius 3 is 2.89 bits per heavy atom. The van der Waals surface area contributed by atoms with Gasteiger partial charge < -0.3 is 14.9 Å². The van der Waals surface area contributed by atoms with Gasteiger partial charge in [-0.05, 0) is 33.6 Å². The molecule has 1 aliphatic rings. The molecule has 0 amide bonds. The van der Waals surface area contributed by atoms with Gasteiger partial charge in [0.25, 0.3) is 0 Å². The summed E-state index contributed by atoms with van der Waals surface area (Å²) in [4.78, 5) is 10.9. The Morgan fingerprint density at radius 1 is 1.61 bits per heavy atom. The van der Waals surface area contributed by atoms with Crippen molar-refractivity contribution < 1.29 is 19.7 Å². The quantitative estimate of drug-likeness (QED) is 0.784. The van der Waals surface area contributed by atoms with Crippen LogP contribution in [0.2, 0.25) is 0 Å². The topological polar surface area (TPSA) is 78.8 Å². The fourth-order valence-electron chi connectivity index (χ4n) is 1.71. The molecule has 5 nitrogen and oxygen atoms in total. The Morgan fingerprint density at radius 2 is 2.33 bits per heavy atom. The summed E-state index contributed by atoms with van der Waals surface area (Å²) in [6.07, 6.45) is 0. The Bertz CT molecular complexity index is 482. The first-order valence-corrected chi connectivity index (χ1v) is 7.04. The summed E-state index contributed by atoms with van der Waals surface area (Å²) in [5.74, 6) is 0.0651. The maximum Gasteiger partial charge on any atom is 0.321 e. The minimum absolute atomic E-state index is 0.0408. The number of carbonyl (C=O) groups is 1. The molecule has 3 N–H and O–H groups in total. The monoisotopic (exact) mass is 333 g/mol. The van der Waals surface area contributed by atoms with Gasteiger partial charge in [-0.2, -0.15) is 0 Å². The molecule has 1 heterocycles. The normalized spacial score (nSPS) is 23.0. The number of hydrogen-bond acceptors (Lipinski definition) is 5. The van der Waals surface area contributed by atoms with Gasteiger partial charge in [0.05, 0.1) is 17.0 Å². The van der Waals surface area contributed by atoms with E-state index in [4.69, 9.17) is 9.84 Å². The number of nitrogens with one attached hydrogen (secondary N) is 1. The number of methoxy groups -OCH3 is 1. The molecule has 0 spiro atoms. The number of rotatable bonds is 3. The maximum atomic E-state index is 10.9. The second kappa shape index (κ2) is 5.38. The van der Waals surface area contributed by atoms with E-state index in [0.29, 0.717) is 16.0 Å². The number of aromatic hydroxyl groups is 1. The zero-order chi connectivity index (χ0) is 13.3. The van der Waals surface area contributed by atoms with Crippen molar-refractivity contribution >= 4 is 33.7 Å². The van der Waals surface area contributed by atoms with E-state index < -0.39 is 12.0 Å². The molecule has 2 atom stereocenters. The molecule has 1 aromatic rings. The molecule has 0 bridgehead atoms. The zero-order valence-corrected chi connectivity index (χ0v) is 11.9. The van der Waals surface area contributed by atoms with Crippen molar-refractivity contribution in [2.45, 2.75) is 11.4 Å². The second-order valence-electron chi connectivity index (χ2n) is 3.82. The largest absolute Gasteiger partial charge is 0.503 e. The summed E-state index contributed by atoms with van der Waals surface area (Å²) in [6, 6.07) is 2.92. The third-order valence-electron chi connectivity index (χ3n) is 2.65. The van der Waals surface area contributed by atoms with E-state index in [1.165, 1.54) is 18.9 Å². The average Bonchev–Trinajstić information content (AvgIpc) is 2.82. The molecule has 0 aliphatic carbocycles. The summed E-state index contributed by atoms with van der Waals surface area (Å²) >= 11 is 4.76. The van der Waals surface area contributed by atoms with Gasteiger partial charge in [-0.1, -0.05) is 0 Å². The molecule has 1 aliphatic heterocycles. The molecule has 7 heteroatoms. The lowest BCUT2D eigenvalue weighted by molar-refractivity contribution is -0.138. The first kappa shape index (κ1) is 13.5. The Hall–Kier alpha value is -0.920. The van der Waals surface area contributed by atoms with E-state index in [2.05, 4.69) is 21.2 Å². The van der Waals surface area contributed by atoms with Crippen LogP contribution < -0.4 is 10.1 Å². The molecule has 0 saturated carbocycles. The average molecular weight is 334 g/mol. The molecule has 1 aromatic carbocycles. The first-order valence-electron chi connectivity index (χ1n) is 5.19. The van der Waals surface area contributed by atoms with E-state index in [1.807, 2.05) is 0 Å². The molecule has 2 rings (SSSR count). The molecule has 1 saturated heterocycles. The van der Waals surface area contributed by atoms with E-state index in [-0.39, 0.29) is 11.1 Å². The highest BCUT2D eigenvalue weighted by Gasteiger charge is 2.31. The number of phenolic OH excluding ortho intramolecular Hbond substituents is 1. The number of halogens is 1. The highest BCUT2D eigenvalue weighted by molar-refractivity contribution is 9.10. The summed E-state index contributed by atoms with van der Waals surface area (Å²) in [6.45, 7) is 0. The summed E-state index contributed by atoms with van der Waals surface area (Å²) < 4.78 is 5.59. The first-order chi connectivity index (χ1) is 8.52. The van der Waals surface area contributed by atoms with Gasteiger partial charge in [-0.25, -0.2) is 0 Å². The van der Waals surface area contributed by atoms with Crippen LogP contribution in [0.4, 0.5) is 0 Å². The molecule has 18 heavy (non-hydrogen) atoms.